The van der Waals surface area contributed by atoms with Crippen LogP contribution in [0.2, 0.25) is 0 Å². The average Bonchev–Trinajstić information content (AvgIpc) is 2.60. The molecule has 15 heteroatoms. The summed E-state index contributed by atoms with van der Waals surface area (Å²) in [4.78, 5) is 68.4. The number of hydrogen-bond acceptors (Lipinski definition) is 9. The van der Waals surface area contributed by atoms with E-state index in [9.17, 15) is 33.9 Å². The molecule has 0 fully saturated rings. The largest absolute Gasteiger partial charge is 0.480 e. The predicted molar refractivity (Wildman–Crippen MR) is 93.3 cm³/mol. The van der Waals surface area contributed by atoms with Gasteiger partial charge < -0.3 is 37.1 Å². The zero-order valence-corrected chi connectivity index (χ0v) is 15.6. The lowest BCUT2D eigenvalue weighted by Gasteiger charge is -2.21. The Hall–Kier alpha value is -3.46. The van der Waals surface area contributed by atoms with E-state index >= 15 is 0 Å². The number of carboxylic acids is 1. The highest BCUT2D eigenvalue weighted by atomic mass is 16.5. The number of aliphatic hydroxyl groups excluding tert-OH is 1. The van der Waals surface area contributed by atoms with Gasteiger partial charge in [0, 0.05) is 6.92 Å². The molecule has 4 unspecified atom stereocenters. The van der Waals surface area contributed by atoms with Crippen LogP contribution in [0.1, 0.15) is 20.3 Å². The first-order valence-electron chi connectivity index (χ1n) is 8.10. The SMILES string of the molecule is CC(=O)OCC(N)C(=O)NNC(=O)C(CC(N)=O)NC(=O)NC(C(=O)O)C(C)O. The number of esters is 1. The quantitative estimate of drug-likeness (QED) is 0.124. The Labute approximate surface area is 164 Å². The zero-order chi connectivity index (χ0) is 22.7. The van der Waals surface area contributed by atoms with E-state index in [4.69, 9.17) is 16.6 Å². The molecule has 0 aromatic rings. The van der Waals surface area contributed by atoms with Crippen LogP contribution in [-0.2, 0) is 28.7 Å². The number of hydrazine groups is 1. The molecule has 0 saturated carbocycles. The van der Waals surface area contributed by atoms with E-state index in [1.807, 2.05) is 21.5 Å². The smallest absolute Gasteiger partial charge is 0.328 e. The number of urea groups is 1. The van der Waals surface area contributed by atoms with Crippen molar-refractivity contribution < 1.29 is 43.7 Å². The standard InChI is InChI=1S/C14H24N6O9/c1-5(21)10(13(26)27)18-14(28)17-8(3-9(16)23)12(25)20-19-11(24)7(15)4-29-6(2)22/h5,7-8,10,21H,3-4,15H2,1-2H3,(H2,16,23)(H,19,24)(H,20,25)(H,26,27)(H2,17,18,28). The molecule has 0 aromatic heterocycles. The molecule has 0 bridgehead atoms. The first kappa shape index (κ1) is 25.5. The van der Waals surface area contributed by atoms with E-state index in [2.05, 4.69) is 4.74 Å². The maximum Gasteiger partial charge on any atom is 0.328 e. The summed E-state index contributed by atoms with van der Waals surface area (Å²) < 4.78 is 4.53. The molecule has 0 aliphatic heterocycles. The lowest BCUT2D eigenvalue weighted by molar-refractivity contribution is -0.143. The Kier molecular flexibility index (Phi) is 10.6. The zero-order valence-electron chi connectivity index (χ0n) is 15.6. The molecule has 15 nitrogen and oxygen atoms in total. The van der Waals surface area contributed by atoms with Gasteiger partial charge in [0.1, 0.15) is 18.7 Å². The highest BCUT2D eigenvalue weighted by Gasteiger charge is 2.28. The summed E-state index contributed by atoms with van der Waals surface area (Å²) in [6.45, 7) is 1.75. The van der Waals surface area contributed by atoms with Gasteiger partial charge in [-0.1, -0.05) is 0 Å². The molecule has 0 heterocycles. The Morgan fingerprint density at radius 1 is 1.03 bits per heavy atom. The molecular formula is C14H24N6O9. The van der Waals surface area contributed by atoms with E-state index in [-0.39, 0.29) is 0 Å². The van der Waals surface area contributed by atoms with Crippen molar-refractivity contribution in [1.29, 1.82) is 0 Å². The number of aliphatic hydroxyl groups is 1. The van der Waals surface area contributed by atoms with E-state index < -0.39 is 72.9 Å². The van der Waals surface area contributed by atoms with E-state index in [0.717, 1.165) is 13.8 Å². The predicted octanol–water partition coefficient (Wildman–Crippen LogP) is -4.60. The van der Waals surface area contributed by atoms with Crippen LogP contribution < -0.4 is 33.0 Å². The molecule has 5 amide bonds. The number of nitrogens with two attached hydrogens (primary N) is 2. The molecule has 10 N–H and O–H groups in total. The van der Waals surface area contributed by atoms with E-state index in [1.54, 1.807) is 0 Å². The van der Waals surface area contributed by atoms with Gasteiger partial charge in [-0.3, -0.25) is 30.0 Å². The molecule has 4 atom stereocenters. The summed E-state index contributed by atoms with van der Waals surface area (Å²) in [6, 6.07) is -5.79. The second kappa shape index (κ2) is 12.1. The van der Waals surface area contributed by atoms with Gasteiger partial charge in [0.25, 0.3) is 11.8 Å². The Bertz CT molecular complexity index is 653. The van der Waals surface area contributed by atoms with Crippen LogP contribution in [0.5, 0.6) is 0 Å². The molecule has 0 saturated heterocycles. The molecule has 0 aliphatic rings. The van der Waals surface area contributed by atoms with Crippen molar-refractivity contribution in [2.24, 2.45) is 11.5 Å². The third-order valence-corrected chi connectivity index (χ3v) is 3.17. The lowest BCUT2D eigenvalue weighted by atomic mass is 10.1. The number of rotatable bonds is 10. The summed E-state index contributed by atoms with van der Waals surface area (Å²) in [5.41, 5.74) is 14.2. The number of aliphatic carboxylic acids is 1. The fourth-order valence-corrected chi connectivity index (χ4v) is 1.73. The number of primary amides is 1. The second-order valence-electron chi connectivity index (χ2n) is 5.78. The average molecular weight is 420 g/mol. The van der Waals surface area contributed by atoms with Crippen molar-refractivity contribution in [3.05, 3.63) is 0 Å². The Morgan fingerprint density at radius 2 is 1.59 bits per heavy atom. The number of nitrogens with one attached hydrogen (secondary N) is 4. The number of carbonyl (C=O) groups is 6. The van der Waals surface area contributed by atoms with Gasteiger partial charge in [-0.15, -0.1) is 0 Å². The number of carboxylic acid groups (broad SMARTS) is 1. The van der Waals surface area contributed by atoms with Gasteiger partial charge in [-0.05, 0) is 6.92 Å². The van der Waals surface area contributed by atoms with Crippen molar-refractivity contribution in [3.8, 4) is 0 Å². The van der Waals surface area contributed by atoms with Crippen LogP contribution in [0, 0.1) is 0 Å². The monoisotopic (exact) mass is 420 g/mol. The van der Waals surface area contributed by atoms with Crippen molar-refractivity contribution in [3.63, 3.8) is 0 Å². The highest BCUT2D eigenvalue weighted by molar-refractivity contribution is 5.93. The summed E-state index contributed by atoms with van der Waals surface area (Å²) in [5, 5.41) is 22.1. The lowest BCUT2D eigenvalue weighted by Crippen LogP contribution is -2.59. The molecule has 0 aromatic carbocycles. The van der Waals surface area contributed by atoms with Crippen LogP contribution in [-0.4, -0.2) is 76.7 Å². The topological polar surface area (TPSA) is 252 Å². The second-order valence-corrected chi connectivity index (χ2v) is 5.78. The van der Waals surface area contributed by atoms with Crippen LogP contribution in [0.15, 0.2) is 0 Å². The summed E-state index contributed by atoms with van der Waals surface area (Å²) in [6.07, 6.45) is -2.15. The fraction of sp³-hybridized carbons (Fsp3) is 0.571. The first-order chi connectivity index (χ1) is 13.3. The first-order valence-corrected chi connectivity index (χ1v) is 8.10. The van der Waals surface area contributed by atoms with Crippen molar-refractivity contribution >= 4 is 35.7 Å². The van der Waals surface area contributed by atoms with Gasteiger partial charge in [-0.25, -0.2) is 9.59 Å². The summed E-state index contributed by atoms with van der Waals surface area (Å²) in [5.74, 6) is -5.24. The van der Waals surface area contributed by atoms with Gasteiger partial charge in [0.2, 0.25) is 5.91 Å². The number of amides is 5. The van der Waals surface area contributed by atoms with Crippen LogP contribution in [0.4, 0.5) is 4.79 Å². The minimum Gasteiger partial charge on any atom is -0.480 e. The van der Waals surface area contributed by atoms with E-state index in [0.29, 0.717) is 0 Å². The number of hydrogen-bond donors (Lipinski definition) is 8. The minimum atomic E-state index is -1.69. The van der Waals surface area contributed by atoms with Crippen LogP contribution >= 0.6 is 0 Å². The number of ether oxygens (including phenoxy) is 1. The van der Waals surface area contributed by atoms with Crippen LogP contribution in [0.25, 0.3) is 0 Å². The molecule has 29 heavy (non-hydrogen) atoms. The summed E-state index contributed by atoms with van der Waals surface area (Å²) >= 11 is 0. The maximum absolute atomic E-state index is 12.1. The molecule has 0 spiro atoms. The molecule has 0 rings (SSSR count). The third-order valence-electron chi connectivity index (χ3n) is 3.17. The van der Waals surface area contributed by atoms with Crippen molar-refractivity contribution in [2.45, 2.75) is 44.5 Å². The van der Waals surface area contributed by atoms with Gasteiger partial charge in [0.15, 0.2) is 6.04 Å². The van der Waals surface area contributed by atoms with Crippen molar-refractivity contribution in [2.75, 3.05) is 6.61 Å². The van der Waals surface area contributed by atoms with Crippen molar-refractivity contribution in [1.82, 2.24) is 21.5 Å². The molecule has 0 radical (unpaired) electrons. The molecule has 0 aliphatic carbocycles. The summed E-state index contributed by atoms with van der Waals surface area (Å²) in [7, 11) is 0. The van der Waals surface area contributed by atoms with Gasteiger partial charge >= 0.3 is 18.0 Å². The van der Waals surface area contributed by atoms with Gasteiger partial charge in [0.05, 0.1) is 12.5 Å². The third kappa shape index (κ3) is 10.5. The Morgan fingerprint density at radius 3 is 2.03 bits per heavy atom. The number of carbonyl (C=O) groups excluding carboxylic acids is 5. The fourth-order valence-electron chi connectivity index (χ4n) is 1.73. The highest BCUT2D eigenvalue weighted by Crippen LogP contribution is 1.96. The van der Waals surface area contributed by atoms with Crippen LogP contribution in [0.3, 0.4) is 0 Å². The maximum atomic E-state index is 12.1. The molecular weight excluding hydrogens is 396 g/mol. The normalized spacial score (nSPS) is 14.3. The van der Waals surface area contributed by atoms with Gasteiger partial charge in [-0.2, -0.15) is 0 Å². The van der Waals surface area contributed by atoms with E-state index in [1.165, 1.54) is 0 Å². The Balaban J connectivity index is 4.87. The molecule has 164 valence electrons. The minimum absolute atomic E-state index is 0.460.